The number of carboxylic acid groups (broad SMARTS) is 1. The van der Waals surface area contributed by atoms with Gasteiger partial charge in [0.15, 0.2) is 0 Å². The number of hydrogen-bond donors (Lipinski definition) is 1. The predicted octanol–water partition coefficient (Wildman–Crippen LogP) is 4.02. The summed E-state index contributed by atoms with van der Waals surface area (Å²) in [6.45, 7) is 0.151. The van der Waals surface area contributed by atoms with Gasteiger partial charge in [0, 0.05) is 23.4 Å². The minimum atomic E-state index is -4.69. The van der Waals surface area contributed by atoms with Crippen molar-refractivity contribution in [3.05, 3.63) is 57.8 Å². The second kappa shape index (κ2) is 5.32. The molecule has 1 N–H and O–H groups in total. The highest BCUT2D eigenvalue weighted by Gasteiger charge is 2.37. The van der Waals surface area contributed by atoms with Gasteiger partial charge in [-0.2, -0.15) is 13.2 Å². The van der Waals surface area contributed by atoms with Crippen LogP contribution in [0.1, 0.15) is 21.5 Å². The molecule has 2 rings (SSSR count). The molecule has 0 atom stereocenters. The smallest absolute Gasteiger partial charge is 0.418 e. The fraction of sp³-hybridized carbons (Fsp3) is 0.154. The second-order valence-electron chi connectivity index (χ2n) is 4.15. The first-order valence-corrected chi connectivity index (χ1v) is 6.32. The van der Waals surface area contributed by atoms with Gasteiger partial charge in [0.25, 0.3) is 0 Å². The van der Waals surface area contributed by atoms with E-state index < -0.39 is 23.3 Å². The third-order valence-corrected chi connectivity index (χ3v) is 3.50. The predicted molar refractivity (Wildman–Crippen MR) is 69.6 cm³/mol. The molecule has 0 unspecified atom stereocenters. The second-order valence-corrected chi connectivity index (χ2v) is 5.01. The lowest BCUT2D eigenvalue weighted by Crippen LogP contribution is -2.09. The zero-order valence-electron chi connectivity index (χ0n) is 9.99. The number of carboxylic acids is 1. The van der Waals surface area contributed by atoms with E-state index in [0.717, 1.165) is 22.4 Å². The Morgan fingerprint density at radius 2 is 1.90 bits per heavy atom. The average Bonchev–Trinajstić information content (AvgIpc) is 2.76. The molecule has 1 heterocycles. The molecule has 0 aliphatic rings. The van der Waals surface area contributed by atoms with E-state index in [4.69, 9.17) is 5.11 Å². The maximum atomic E-state index is 12.8. The minimum Gasteiger partial charge on any atom is -0.478 e. The van der Waals surface area contributed by atoms with Crippen LogP contribution < -0.4 is 0 Å². The molecule has 0 aliphatic carbocycles. The maximum absolute atomic E-state index is 12.8. The fourth-order valence-corrected chi connectivity index (χ4v) is 2.23. The van der Waals surface area contributed by atoms with Crippen LogP contribution in [0.4, 0.5) is 13.2 Å². The SMILES string of the molecule is O=C(O)c1cn(Cc2ccccc2Br)cc1C(F)(F)F. The number of nitrogens with zero attached hydrogens (tertiary/aromatic N) is 1. The van der Waals surface area contributed by atoms with Crippen molar-refractivity contribution in [2.45, 2.75) is 12.7 Å². The first-order chi connectivity index (χ1) is 9.29. The Morgan fingerprint density at radius 1 is 1.25 bits per heavy atom. The number of aromatic nitrogens is 1. The summed E-state index contributed by atoms with van der Waals surface area (Å²) in [5.41, 5.74) is -1.13. The highest BCUT2D eigenvalue weighted by atomic mass is 79.9. The zero-order valence-corrected chi connectivity index (χ0v) is 11.6. The Hall–Kier alpha value is -1.76. The van der Waals surface area contributed by atoms with Crippen molar-refractivity contribution in [1.82, 2.24) is 4.57 Å². The lowest BCUT2D eigenvalue weighted by Gasteiger charge is -2.06. The summed E-state index contributed by atoms with van der Waals surface area (Å²) < 4.78 is 40.2. The molecule has 0 amide bonds. The molecule has 7 heteroatoms. The molecule has 0 bridgehead atoms. The number of halogens is 4. The van der Waals surface area contributed by atoms with Gasteiger partial charge in [-0.15, -0.1) is 0 Å². The van der Waals surface area contributed by atoms with Crippen LogP contribution in [-0.4, -0.2) is 15.6 Å². The van der Waals surface area contributed by atoms with Crippen LogP contribution in [0.2, 0.25) is 0 Å². The summed E-state index contributed by atoms with van der Waals surface area (Å²) in [4.78, 5) is 10.9. The van der Waals surface area contributed by atoms with Gasteiger partial charge in [0.2, 0.25) is 0 Å². The monoisotopic (exact) mass is 347 g/mol. The Bertz CT molecular complexity index is 649. The molecule has 0 saturated heterocycles. The third-order valence-electron chi connectivity index (χ3n) is 2.73. The molecule has 0 saturated carbocycles. The standard InChI is InChI=1S/C13H9BrF3NO2/c14-11-4-2-1-3-8(11)5-18-6-9(12(19)20)10(7-18)13(15,16)17/h1-4,6-7H,5H2,(H,19,20). The zero-order chi connectivity index (χ0) is 14.9. The van der Waals surface area contributed by atoms with Gasteiger partial charge in [-0.3, -0.25) is 0 Å². The van der Waals surface area contributed by atoms with Crippen molar-refractivity contribution < 1.29 is 23.1 Å². The topological polar surface area (TPSA) is 42.2 Å². The highest BCUT2D eigenvalue weighted by Crippen LogP contribution is 2.33. The molecule has 0 fully saturated rings. The third kappa shape index (κ3) is 3.04. The van der Waals surface area contributed by atoms with Crippen LogP contribution in [0.5, 0.6) is 0 Å². The first-order valence-electron chi connectivity index (χ1n) is 5.52. The molecule has 0 radical (unpaired) electrons. The molecule has 106 valence electrons. The molecule has 0 aliphatic heterocycles. The Kier molecular flexibility index (Phi) is 3.89. The highest BCUT2D eigenvalue weighted by molar-refractivity contribution is 9.10. The van der Waals surface area contributed by atoms with E-state index >= 15 is 0 Å². The van der Waals surface area contributed by atoms with Crippen molar-refractivity contribution in [3.8, 4) is 0 Å². The van der Waals surface area contributed by atoms with Gasteiger partial charge in [-0.25, -0.2) is 4.79 Å². The van der Waals surface area contributed by atoms with E-state index in [2.05, 4.69) is 15.9 Å². The molecule has 1 aromatic carbocycles. The Labute approximate surface area is 120 Å². The maximum Gasteiger partial charge on any atom is 0.418 e. The molecule has 20 heavy (non-hydrogen) atoms. The number of benzene rings is 1. The van der Waals surface area contributed by atoms with Gasteiger partial charge in [-0.1, -0.05) is 34.1 Å². The van der Waals surface area contributed by atoms with Crippen LogP contribution in [0.3, 0.4) is 0 Å². The molecule has 1 aromatic heterocycles. The largest absolute Gasteiger partial charge is 0.478 e. The van der Waals surface area contributed by atoms with E-state index in [0.29, 0.717) is 0 Å². The summed E-state index contributed by atoms with van der Waals surface area (Å²) in [6.07, 6.45) is -2.89. The number of alkyl halides is 3. The molecular weight excluding hydrogens is 339 g/mol. The molecule has 0 spiro atoms. The van der Waals surface area contributed by atoms with Gasteiger partial charge in [0.05, 0.1) is 11.1 Å². The summed E-state index contributed by atoms with van der Waals surface area (Å²) in [5, 5.41) is 8.84. The van der Waals surface area contributed by atoms with Crippen LogP contribution in [0.15, 0.2) is 41.1 Å². The van der Waals surface area contributed by atoms with Crippen molar-refractivity contribution in [3.63, 3.8) is 0 Å². The van der Waals surface area contributed by atoms with Crippen molar-refractivity contribution >= 4 is 21.9 Å². The van der Waals surface area contributed by atoms with Gasteiger partial charge >= 0.3 is 12.1 Å². The molecular formula is C13H9BrF3NO2. The Morgan fingerprint density at radius 3 is 2.40 bits per heavy atom. The summed E-state index contributed by atoms with van der Waals surface area (Å²) in [5.74, 6) is -1.59. The Balaban J connectivity index is 2.40. The van der Waals surface area contributed by atoms with Gasteiger partial charge in [0.1, 0.15) is 0 Å². The lowest BCUT2D eigenvalue weighted by molar-refractivity contribution is -0.138. The van der Waals surface area contributed by atoms with Crippen LogP contribution >= 0.6 is 15.9 Å². The van der Waals surface area contributed by atoms with Crippen molar-refractivity contribution in [1.29, 1.82) is 0 Å². The van der Waals surface area contributed by atoms with E-state index in [9.17, 15) is 18.0 Å². The van der Waals surface area contributed by atoms with E-state index in [1.165, 1.54) is 4.57 Å². The molecule has 3 nitrogen and oxygen atoms in total. The van der Waals surface area contributed by atoms with E-state index in [1.807, 2.05) is 0 Å². The fourth-order valence-electron chi connectivity index (χ4n) is 1.82. The summed E-state index contributed by atoms with van der Waals surface area (Å²) in [6, 6.07) is 7.05. The lowest BCUT2D eigenvalue weighted by atomic mass is 10.2. The quantitative estimate of drug-likeness (QED) is 0.911. The van der Waals surface area contributed by atoms with Crippen LogP contribution in [0.25, 0.3) is 0 Å². The van der Waals surface area contributed by atoms with Crippen molar-refractivity contribution in [2.24, 2.45) is 0 Å². The van der Waals surface area contributed by atoms with Crippen LogP contribution in [0, 0.1) is 0 Å². The summed E-state index contributed by atoms with van der Waals surface area (Å²) in [7, 11) is 0. The number of carbonyl (C=O) groups is 1. The number of rotatable bonds is 3. The van der Waals surface area contributed by atoms with Crippen molar-refractivity contribution in [2.75, 3.05) is 0 Å². The first kappa shape index (κ1) is 14.6. The van der Waals surface area contributed by atoms with Crippen LogP contribution in [-0.2, 0) is 12.7 Å². The van der Waals surface area contributed by atoms with Gasteiger partial charge in [-0.05, 0) is 11.6 Å². The number of aromatic carboxylic acids is 1. The van der Waals surface area contributed by atoms with Gasteiger partial charge < -0.3 is 9.67 Å². The normalized spacial score (nSPS) is 11.6. The molecule has 2 aromatic rings. The average molecular weight is 348 g/mol. The summed E-state index contributed by atoms with van der Waals surface area (Å²) >= 11 is 3.30. The number of hydrogen-bond acceptors (Lipinski definition) is 1. The minimum absolute atomic E-state index is 0.151. The van der Waals surface area contributed by atoms with E-state index in [-0.39, 0.29) is 6.54 Å². The van der Waals surface area contributed by atoms with E-state index in [1.54, 1.807) is 24.3 Å².